The quantitative estimate of drug-likeness (QED) is 0.880. The average Bonchev–Trinajstić information content (AvgIpc) is 2.79. The van der Waals surface area contributed by atoms with Gasteiger partial charge in [0.25, 0.3) is 0 Å². The molecule has 3 rings (SSSR count). The molecule has 2 atom stereocenters. The fourth-order valence-electron chi connectivity index (χ4n) is 2.68. The van der Waals surface area contributed by atoms with Gasteiger partial charge in [-0.2, -0.15) is 4.98 Å². The van der Waals surface area contributed by atoms with Crippen LogP contribution in [0, 0.1) is 11.7 Å². The van der Waals surface area contributed by atoms with E-state index in [4.69, 9.17) is 17.3 Å². The van der Waals surface area contributed by atoms with Gasteiger partial charge in [0, 0.05) is 12.3 Å². The van der Waals surface area contributed by atoms with Crippen LogP contribution in [0.15, 0.2) is 18.2 Å². The van der Waals surface area contributed by atoms with E-state index in [1.807, 2.05) is 0 Å². The Balaban J connectivity index is 2.02. The molecule has 1 aliphatic heterocycles. The molecule has 0 spiro atoms. The highest BCUT2D eigenvalue weighted by molar-refractivity contribution is 6.30. The number of hydrogen-bond acceptors (Lipinski definition) is 4. The molecular weight excluding hydrogens is 299 g/mol. The van der Waals surface area contributed by atoms with Crippen molar-refractivity contribution in [1.82, 2.24) is 14.8 Å². The highest BCUT2D eigenvalue weighted by Gasteiger charge is 2.36. The summed E-state index contributed by atoms with van der Waals surface area (Å²) in [4.78, 5) is 15.5. The van der Waals surface area contributed by atoms with Gasteiger partial charge in [-0.3, -0.25) is 4.79 Å². The highest BCUT2D eigenvalue weighted by Crippen LogP contribution is 2.35. The van der Waals surface area contributed by atoms with Crippen molar-refractivity contribution in [3.8, 4) is 0 Å². The predicted molar refractivity (Wildman–Crippen MR) is 73.4 cm³/mol. The number of benzene rings is 1. The average molecular weight is 311 g/mol. The maximum absolute atomic E-state index is 13.3. The van der Waals surface area contributed by atoms with E-state index in [0.29, 0.717) is 17.9 Å². The molecule has 2 heterocycles. The highest BCUT2D eigenvalue weighted by atomic mass is 35.5. The number of anilines is 1. The van der Waals surface area contributed by atoms with Crippen molar-refractivity contribution < 1.29 is 14.3 Å². The Morgan fingerprint density at radius 2 is 2.29 bits per heavy atom. The molecule has 0 amide bonds. The Morgan fingerprint density at radius 3 is 2.95 bits per heavy atom. The second-order valence-corrected chi connectivity index (χ2v) is 5.40. The van der Waals surface area contributed by atoms with Crippen LogP contribution in [0.1, 0.15) is 17.3 Å². The van der Waals surface area contributed by atoms with Gasteiger partial charge in [0.05, 0.1) is 17.5 Å². The van der Waals surface area contributed by atoms with Gasteiger partial charge in [0.2, 0.25) is 5.95 Å². The number of halogens is 2. The van der Waals surface area contributed by atoms with Crippen LogP contribution in [-0.2, 0) is 17.8 Å². The molecule has 0 saturated carbocycles. The van der Waals surface area contributed by atoms with Crippen LogP contribution in [0.25, 0.3) is 0 Å². The van der Waals surface area contributed by atoms with Crippen LogP contribution in [0.5, 0.6) is 0 Å². The summed E-state index contributed by atoms with van der Waals surface area (Å²) in [5.41, 5.74) is 6.21. The third-order valence-corrected chi connectivity index (χ3v) is 4.00. The zero-order chi connectivity index (χ0) is 15.1. The van der Waals surface area contributed by atoms with Crippen LogP contribution >= 0.6 is 11.6 Å². The molecule has 0 aliphatic carbocycles. The van der Waals surface area contributed by atoms with E-state index < -0.39 is 17.7 Å². The summed E-state index contributed by atoms with van der Waals surface area (Å²) in [6.45, 7) is 0.318. The number of nitrogens with two attached hydrogens (primary N) is 1. The summed E-state index contributed by atoms with van der Waals surface area (Å²) < 4.78 is 14.9. The molecule has 0 fully saturated rings. The molecule has 1 aliphatic rings. The van der Waals surface area contributed by atoms with Gasteiger partial charge in [0.1, 0.15) is 11.6 Å². The fraction of sp³-hybridized carbons (Fsp3) is 0.308. The number of hydrogen-bond donors (Lipinski definition) is 2. The van der Waals surface area contributed by atoms with E-state index in [1.165, 1.54) is 12.1 Å². The second kappa shape index (κ2) is 5.00. The van der Waals surface area contributed by atoms with Crippen LogP contribution < -0.4 is 5.73 Å². The molecule has 2 unspecified atom stereocenters. The third-order valence-electron chi connectivity index (χ3n) is 3.71. The number of fused-ring (bicyclic) bond motifs is 1. The van der Waals surface area contributed by atoms with Gasteiger partial charge in [-0.15, -0.1) is 5.10 Å². The van der Waals surface area contributed by atoms with E-state index in [1.54, 1.807) is 10.7 Å². The molecule has 0 bridgehead atoms. The number of nitrogens with zero attached hydrogens (tertiary/aromatic N) is 3. The smallest absolute Gasteiger partial charge is 0.307 e. The minimum Gasteiger partial charge on any atom is -0.481 e. The topological polar surface area (TPSA) is 94.0 Å². The first-order chi connectivity index (χ1) is 9.95. The van der Waals surface area contributed by atoms with E-state index in [0.717, 1.165) is 0 Å². The SMILES string of the molecule is Nc1nc2n(n1)CC(c1ccc(F)c(Cl)c1)C(C(=O)O)C2. The molecule has 6 nitrogen and oxygen atoms in total. The monoisotopic (exact) mass is 310 g/mol. The lowest BCUT2D eigenvalue weighted by atomic mass is 9.81. The van der Waals surface area contributed by atoms with Crippen molar-refractivity contribution in [2.24, 2.45) is 5.92 Å². The van der Waals surface area contributed by atoms with Gasteiger partial charge in [-0.1, -0.05) is 17.7 Å². The number of carboxylic acid groups (broad SMARTS) is 1. The first-order valence-corrected chi connectivity index (χ1v) is 6.70. The van der Waals surface area contributed by atoms with Crippen molar-refractivity contribution in [1.29, 1.82) is 0 Å². The number of rotatable bonds is 2. The summed E-state index contributed by atoms with van der Waals surface area (Å²) in [6, 6.07) is 4.25. The lowest BCUT2D eigenvalue weighted by molar-refractivity contribution is -0.143. The summed E-state index contributed by atoms with van der Waals surface area (Å²) in [5.74, 6) is -1.85. The van der Waals surface area contributed by atoms with E-state index in [-0.39, 0.29) is 23.3 Å². The van der Waals surface area contributed by atoms with Gasteiger partial charge in [0.15, 0.2) is 0 Å². The maximum Gasteiger partial charge on any atom is 0.307 e. The first kappa shape index (κ1) is 13.8. The van der Waals surface area contributed by atoms with E-state index >= 15 is 0 Å². The van der Waals surface area contributed by atoms with Crippen LogP contribution in [-0.4, -0.2) is 25.8 Å². The van der Waals surface area contributed by atoms with Crippen molar-refractivity contribution in [3.63, 3.8) is 0 Å². The van der Waals surface area contributed by atoms with Crippen molar-refractivity contribution in [3.05, 3.63) is 40.4 Å². The Morgan fingerprint density at radius 1 is 1.52 bits per heavy atom. The number of nitrogen functional groups attached to an aromatic ring is 1. The Bertz CT molecular complexity index is 718. The minimum atomic E-state index is -0.937. The number of aliphatic carboxylic acids is 1. The molecule has 21 heavy (non-hydrogen) atoms. The van der Waals surface area contributed by atoms with E-state index in [2.05, 4.69) is 10.1 Å². The predicted octanol–water partition coefficient (Wildman–Crippen LogP) is 1.69. The molecule has 0 saturated heterocycles. The Labute approximate surface area is 124 Å². The van der Waals surface area contributed by atoms with Crippen molar-refractivity contribution in [2.75, 3.05) is 5.73 Å². The zero-order valence-electron chi connectivity index (χ0n) is 10.8. The second-order valence-electron chi connectivity index (χ2n) is 5.00. The third kappa shape index (κ3) is 2.44. The molecular formula is C13H12ClFN4O2. The number of carbonyl (C=O) groups is 1. The van der Waals surface area contributed by atoms with Crippen molar-refractivity contribution in [2.45, 2.75) is 18.9 Å². The number of carboxylic acids is 1. The van der Waals surface area contributed by atoms with Crippen LogP contribution in [0.4, 0.5) is 10.3 Å². The Hall–Kier alpha value is -2.15. The molecule has 110 valence electrons. The normalized spacial score (nSPS) is 21.0. The molecule has 3 N–H and O–H groups in total. The standard InChI is InChI=1S/C13H12ClFN4O2/c14-9-3-6(1-2-10(9)15)8-5-19-11(17-13(16)18-19)4-7(8)12(20)21/h1-3,7-8H,4-5H2,(H2,16,18)(H,20,21). The molecule has 1 aromatic carbocycles. The van der Waals surface area contributed by atoms with Gasteiger partial charge in [-0.25, -0.2) is 9.07 Å². The van der Waals surface area contributed by atoms with Gasteiger partial charge < -0.3 is 10.8 Å². The lowest BCUT2D eigenvalue weighted by Crippen LogP contribution is -2.33. The minimum absolute atomic E-state index is 0.0273. The van der Waals surface area contributed by atoms with Crippen LogP contribution in [0.2, 0.25) is 5.02 Å². The van der Waals surface area contributed by atoms with Gasteiger partial charge >= 0.3 is 5.97 Å². The number of aromatic nitrogens is 3. The largest absolute Gasteiger partial charge is 0.481 e. The molecule has 2 aromatic rings. The van der Waals surface area contributed by atoms with Gasteiger partial charge in [-0.05, 0) is 17.7 Å². The fourth-order valence-corrected chi connectivity index (χ4v) is 2.87. The van der Waals surface area contributed by atoms with Crippen molar-refractivity contribution >= 4 is 23.5 Å². The zero-order valence-corrected chi connectivity index (χ0v) is 11.6. The first-order valence-electron chi connectivity index (χ1n) is 6.32. The Kier molecular flexibility index (Phi) is 3.29. The molecule has 8 heteroatoms. The summed E-state index contributed by atoms with van der Waals surface area (Å²) in [6.07, 6.45) is 0.221. The summed E-state index contributed by atoms with van der Waals surface area (Å²) in [5, 5.41) is 13.4. The summed E-state index contributed by atoms with van der Waals surface area (Å²) >= 11 is 5.79. The summed E-state index contributed by atoms with van der Waals surface area (Å²) in [7, 11) is 0. The van der Waals surface area contributed by atoms with E-state index in [9.17, 15) is 14.3 Å². The lowest BCUT2D eigenvalue weighted by Gasteiger charge is -2.29. The maximum atomic E-state index is 13.3. The van der Waals surface area contributed by atoms with Crippen LogP contribution in [0.3, 0.4) is 0 Å². The molecule has 1 aromatic heterocycles. The molecule has 0 radical (unpaired) electrons.